The van der Waals surface area contributed by atoms with E-state index in [4.69, 9.17) is 49.0 Å². The smallest absolute Gasteiger partial charge is 0.213 e. The van der Waals surface area contributed by atoms with Crippen LogP contribution in [0.2, 0.25) is 0 Å². The minimum Gasteiger partial charge on any atom is -0.376 e. The van der Waals surface area contributed by atoms with Crippen molar-refractivity contribution < 1.29 is 14.2 Å². The molecule has 3 nitrogen and oxygen atoms in total. The highest BCUT2D eigenvalue weighted by molar-refractivity contribution is 6.67. The number of halogens is 3. The Bertz CT molecular complexity index is 138. The molecule has 1 radical (unpaired) electrons. The highest BCUT2D eigenvalue weighted by Gasteiger charge is 2.22. The van der Waals surface area contributed by atoms with Gasteiger partial charge in [0, 0.05) is 13.2 Å². The zero-order chi connectivity index (χ0) is 11.0. The maximum Gasteiger partial charge on any atom is 0.213 e. The van der Waals surface area contributed by atoms with Gasteiger partial charge in [0.25, 0.3) is 0 Å². The van der Waals surface area contributed by atoms with Gasteiger partial charge < -0.3 is 14.2 Å². The minimum atomic E-state index is -1.43. The summed E-state index contributed by atoms with van der Waals surface area (Å²) in [5.41, 5.74) is 0. The van der Waals surface area contributed by atoms with Gasteiger partial charge in [-0.1, -0.05) is 34.8 Å². The van der Waals surface area contributed by atoms with Crippen LogP contribution >= 0.6 is 34.8 Å². The molecule has 0 fully saturated rings. The molecule has 0 heterocycles. The van der Waals surface area contributed by atoms with Crippen molar-refractivity contribution in [3.63, 3.8) is 0 Å². The molecule has 85 valence electrons. The first-order valence-corrected chi connectivity index (χ1v) is 5.30. The van der Waals surface area contributed by atoms with E-state index in [1.165, 1.54) is 0 Å². The molecule has 0 aliphatic carbocycles. The van der Waals surface area contributed by atoms with E-state index >= 15 is 0 Å². The molecule has 1 unspecified atom stereocenters. The van der Waals surface area contributed by atoms with E-state index in [1.807, 2.05) is 6.92 Å². The van der Waals surface area contributed by atoms with E-state index in [0.717, 1.165) is 0 Å². The third-order valence-electron chi connectivity index (χ3n) is 1.18. The third kappa shape index (κ3) is 9.31. The van der Waals surface area contributed by atoms with Gasteiger partial charge in [-0.25, -0.2) is 0 Å². The van der Waals surface area contributed by atoms with Crippen LogP contribution in [0.4, 0.5) is 0 Å². The summed E-state index contributed by atoms with van der Waals surface area (Å²) < 4.78 is 14.0. The molecule has 0 saturated carbocycles. The van der Waals surface area contributed by atoms with E-state index in [1.54, 1.807) is 0 Å². The van der Waals surface area contributed by atoms with E-state index in [0.29, 0.717) is 13.2 Å². The van der Waals surface area contributed by atoms with Gasteiger partial charge in [-0.3, -0.25) is 0 Å². The summed E-state index contributed by atoms with van der Waals surface area (Å²) in [6.45, 7) is 6.45. The van der Waals surface area contributed by atoms with Crippen LogP contribution in [-0.2, 0) is 14.2 Å². The fraction of sp³-hybridized carbons (Fsp3) is 0.875. The Labute approximate surface area is 99.5 Å². The largest absolute Gasteiger partial charge is 0.376 e. The van der Waals surface area contributed by atoms with Crippen LogP contribution < -0.4 is 0 Å². The van der Waals surface area contributed by atoms with Crippen molar-refractivity contribution in [1.29, 1.82) is 0 Å². The zero-order valence-corrected chi connectivity index (χ0v) is 10.2. The first-order chi connectivity index (χ1) is 6.49. The molecule has 0 aliphatic heterocycles. The van der Waals surface area contributed by atoms with E-state index in [2.05, 4.69) is 6.92 Å². The van der Waals surface area contributed by atoms with Gasteiger partial charge in [0.05, 0.1) is 13.2 Å². The lowest BCUT2D eigenvalue weighted by Gasteiger charge is -2.20. The fourth-order valence-corrected chi connectivity index (χ4v) is 0.886. The lowest BCUT2D eigenvalue weighted by molar-refractivity contribution is -0.167. The molecule has 0 rings (SSSR count). The molecule has 6 heteroatoms. The first kappa shape index (κ1) is 14.8. The molecular formula is C8H14Cl3O3. The fourth-order valence-electron chi connectivity index (χ4n) is 0.697. The SMILES string of the molecule is [CH2]COCC(OCC)OCC(Cl)(Cl)Cl. The normalized spacial score (nSPS) is 14.4. The van der Waals surface area contributed by atoms with Gasteiger partial charge in [0.15, 0.2) is 6.29 Å². The molecule has 14 heavy (non-hydrogen) atoms. The molecule has 0 amide bonds. The van der Waals surface area contributed by atoms with Gasteiger partial charge in [-0.15, -0.1) is 0 Å². The van der Waals surface area contributed by atoms with Gasteiger partial charge in [-0.2, -0.15) is 0 Å². The first-order valence-electron chi connectivity index (χ1n) is 4.16. The Morgan fingerprint density at radius 3 is 2.36 bits per heavy atom. The molecule has 1 atom stereocenters. The molecule has 0 bridgehead atoms. The van der Waals surface area contributed by atoms with Crippen LogP contribution in [0.5, 0.6) is 0 Å². The van der Waals surface area contributed by atoms with Crippen molar-refractivity contribution in [2.45, 2.75) is 17.0 Å². The standard InChI is InChI=1S/C8H14Cl3O3/c1-3-12-5-7(13-4-2)14-6-8(9,10)11/h7H,1,3-6H2,2H3. The summed E-state index contributed by atoms with van der Waals surface area (Å²) >= 11 is 16.5. The molecule has 0 spiro atoms. The van der Waals surface area contributed by atoms with Gasteiger partial charge in [-0.05, 0) is 13.8 Å². The molecule has 0 saturated heterocycles. The lowest BCUT2D eigenvalue weighted by Crippen LogP contribution is -2.27. The maximum atomic E-state index is 5.51. The van der Waals surface area contributed by atoms with Crippen molar-refractivity contribution in [1.82, 2.24) is 0 Å². The van der Waals surface area contributed by atoms with E-state index in [9.17, 15) is 0 Å². The van der Waals surface area contributed by atoms with Crippen molar-refractivity contribution in [3.8, 4) is 0 Å². The van der Waals surface area contributed by atoms with Crippen LogP contribution in [0.25, 0.3) is 0 Å². The predicted octanol–water partition coefficient (Wildman–Crippen LogP) is 2.59. The van der Waals surface area contributed by atoms with Crippen LogP contribution in [0.15, 0.2) is 0 Å². The third-order valence-corrected chi connectivity index (χ3v) is 1.51. The summed E-state index contributed by atoms with van der Waals surface area (Å²) in [7, 11) is 0. The Balaban J connectivity index is 3.72. The summed E-state index contributed by atoms with van der Waals surface area (Å²) in [5.74, 6) is 0. The molecule has 0 aromatic rings. The summed E-state index contributed by atoms with van der Waals surface area (Å²) in [5, 5.41) is 0. The summed E-state index contributed by atoms with van der Waals surface area (Å²) in [4.78, 5) is 0. The van der Waals surface area contributed by atoms with Crippen LogP contribution in [0.3, 0.4) is 0 Å². The van der Waals surface area contributed by atoms with Gasteiger partial charge >= 0.3 is 0 Å². The Morgan fingerprint density at radius 2 is 1.93 bits per heavy atom. The monoisotopic (exact) mass is 263 g/mol. The topological polar surface area (TPSA) is 27.7 Å². The van der Waals surface area contributed by atoms with Crippen molar-refractivity contribution in [2.75, 3.05) is 26.4 Å². The van der Waals surface area contributed by atoms with Crippen LogP contribution in [0, 0.1) is 6.92 Å². The second kappa shape index (κ2) is 7.97. The molecular weight excluding hydrogens is 250 g/mol. The minimum absolute atomic E-state index is 0.0389. The predicted molar refractivity (Wildman–Crippen MR) is 57.8 cm³/mol. The number of hydrogen-bond acceptors (Lipinski definition) is 3. The second-order valence-corrected chi connectivity index (χ2v) is 4.90. The summed E-state index contributed by atoms with van der Waals surface area (Å²) in [6.07, 6.45) is -0.516. The van der Waals surface area contributed by atoms with Crippen molar-refractivity contribution in [3.05, 3.63) is 6.92 Å². The quantitative estimate of drug-likeness (QED) is 0.522. The Morgan fingerprint density at radius 1 is 1.29 bits per heavy atom. The van der Waals surface area contributed by atoms with E-state index in [-0.39, 0.29) is 13.2 Å². The second-order valence-electron chi connectivity index (χ2n) is 2.39. The molecule has 0 aromatic heterocycles. The lowest BCUT2D eigenvalue weighted by atomic mass is 10.6. The van der Waals surface area contributed by atoms with E-state index < -0.39 is 10.1 Å². The van der Waals surface area contributed by atoms with Crippen LogP contribution in [-0.4, -0.2) is 36.5 Å². The number of ether oxygens (including phenoxy) is 3. The maximum absolute atomic E-state index is 5.51. The Kier molecular flexibility index (Phi) is 8.39. The van der Waals surface area contributed by atoms with Crippen molar-refractivity contribution >= 4 is 34.8 Å². The number of rotatable bonds is 7. The van der Waals surface area contributed by atoms with Crippen LogP contribution in [0.1, 0.15) is 6.92 Å². The Hall–Kier alpha value is 0.750. The zero-order valence-electron chi connectivity index (χ0n) is 7.97. The average Bonchev–Trinajstić information content (AvgIpc) is 2.08. The number of alkyl halides is 3. The molecule has 0 aliphatic rings. The highest BCUT2D eigenvalue weighted by atomic mass is 35.6. The molecule has 0 N–H and O–H groups in total. The van der Waals surface area contributed by atoms with Crippen molar-refractivity contribution in [2.24, 2.45) is 0 Å². The molecule has 0 aromatic carbocycles. The highest BCUT2D eigenvalue weighted by Crippen LogP contribution is 2.26. The van der Waals surface area contributed by atoms with Gasteiger partial charge in [0.1, 0.15) is 0 Å². The average molecular weight is 265 g/mol. The number of hydrogen-bond donors (Lipinski definition) is 0. The summed E-state index contributed by atoms with van der Waals surface area (Å²) in [6, 6.07) is 0. The van der Waals surface area contributed by atoms with Gasteiger partial charge in [0.2, 0.25) is 3.79 Å².